The monoisotopic (exact) mass is 587 g/mol. The van der Waals surface area contributed by atoms with Crippen molar-refractivity contribution in [2.24, 2.45) is 5.92 Å². The number of hydrogen-bond acceptors (Lipinski definition) is 5. The number of ether oxygens (including phenoxy) is 1. The number of nitrogens with one attached hydrogen (secondary N) is 2. The van der Waals surface area contributed by atoms with E-state index >= 15 is 0 Å². The molecular formula is C32H46ClN3O5. The van der Waals surface area contributed by atoms with E-state index in [1.165, 1.54) is 6.07 Å². The maximum atomic E-state index is 14.5. The predicted octanol–water partition coefficient (Wildman–Crippen LogP) is 7.30. The number of amides is 3. The molecule has 2 unspecified atom stereocenters. The van der Waals surface area contributed by atoms with Crippen LogP contribution in [0.2, 0.25) is 5.02 Å². The second kappa shape index (κ2) is 13.6. The van der Waals surface area contributed by atoms with E-state index in [1.54, 1.807) is 56.9 Å². The van der Waals surface area contributed by atoms with E-state index in [2.05, 4.69) is 10.6 Å². The van der Waals surface area contributed by atoms with Crippen molar-refractivity contribution < 1.29 is 24.2 Å². The molecule has 3 amide bonds. The molecule has 0 saturated carbocycles. The molecule has 0 heterocycles. The highest BCUT2D eigenvalue weighted by Crippen LogP contribution is 2.36. The number of benzene rings is 2. The Morgan fingerprint density at radius 1 is 1.02 bits per heavy atom. The minimum absolute atomic E-state index is 0.0550. The highest BCUT2D eigenvalue weighted by atomic mass is 35.5. The highest BCUT2D eigenvalue weighted by molar-refractivity contribution is 6.34. The van der Waals surface area contributed by atoms with Crippen molar-refractivity contribution in [3.8, 4) is 5.75 Å². The second-order valence-corrected chi connectivity index (χ2v) is 13.0. The number of nitrogens with zero attached hydrogens (tertiary/aromatic N) is 1. The van der Waals surface area contributed by atoms with Crippen molar-refractivity contribution in [2.75, 3.05) is 5.32 Å². The van der Waals surface area contributed by atoms with Crippen LogP contribution >= 0.6 is 11.6 Å². The summed E-state index contributed by atoms with van der Waals surface area (Å²) < 4.78 is 5.48. The van der Waals surface area contributed by atoms with Crippen molar-refractivity contribution in [3.05, 3.63) is 58.1 Å². The number of aryl methyl sites for hydroxylation is 2. The van der Waals surface area contributed by atoms with Gasteiger partial charge in [-0.1, -0.05) is 50.6 Å². The Balaban J connectivity index is 2.72. The lowest BCUT2D eigenvalue weighted by atomic mass is 9.90. The van der Waals surface area contributed by atoms with Crippen LogP contribution in [0.25, 0.3) is 0 Å². The number of carbonyl (C=O) groups is 3. The van der Waals surface area contributed by atoms with E-state index < -0.39 is 41.1 Å². The predicted molar refractivity (Wildman–Crippen MR) is 164 cm³/mol. The Hall–Kier alpha value is -3.26. The van der Waals surface area contributed by atoms with Gasteiger partial charge in [0, 0.05) is 5.54 Å². The molecule has 0 saturated heterocycles. The smallest absolute Gasteiger partial charge is 0.408 e. The van der Waals surface area contributed by atoms with Crippen molar-refractivity contribution in [1.82, 2.24) is 10.2 Å². The summed E-state index contributed by atoms with van der Waals surface area (Å²) in [6, 6.07) is 8.10. The normalized spacial score (nSPS) is 13.4. The molecule has 41 heavy (non-hydrogen) atoms. The minimum atomic E-state index is -1.11. The zero-order chi connectivity index (χ0) is 31.3. The van der Waals surface area contributed by atoms with Gasteiger partial charge < -0.3 is 25.4 Å². The van der Waals surface area contributed by atoms with Gasteiger partial charge in [0.2, 0.25) is 5.91 Å². The number of phenols is 1. The first kappa shape index (κ1) is 33.9. The molecule has 0 aromatic heterocycles. The Kier molecular flexibility index (Phi) is 11.3. The number of carbonyl (C=O) groups excluding carboxylic acids is 3. The van der Waals surface area contributed by atoms with Crippen molar-refractivity contribution in [2.45, 2.75) is 105 Å². The van der Waals surface area contributed by atoms with E-state index in [4.69, 9.17) is 16.3 Å². The Morgan fingerprint density at radius 3 is 2.17 bits per heavy atom. The largest absolute Gasteiger partial charge is 0.508 e. The van der Waals surface area contributed by atoms with Gasteiger partial charge in [-0.2, -0.15) is 0 Å². The van der Waals surface area contributed by atoms with Gasteiger partial charge in [0.25, 0.3) is 5.91 Å². The molecule has 0 radical (unpaired) electrons. The summed E-state index contributed by atoms with van der Waals surface area (Å²) in [6.45, 7) is 18.5. The van der Waals surface area contributed by atoms with Crippen LogP contribution in [0, 0.1) is 19.8 Å². The molecule has 2 aromatic rings. The first-order chi connectivity index (χ1) is 18.9. The molecule has 0 aliphatic rings. The zero-order valence-electron chi connectivity index (χ0n) is 26.0. The third-order valence-corrected chi connectivity index (χ3v) is 7.28. The quantitative estimate of drug-likeness (QED) is 0.270. The molecule has 3 N–H and O–H groups in total. The summed E-state index contributed by atoms with van der Waals surface area (Å²) in [4.78, 5) is 43.2. The van der Waals surface area contributed by atoms with Crippen LogP contribution in [-0.2, 0) is 14.3 Å². The van der Waals surface area contributed by atoms with Gasteiger partial charge >= 0.3 is 6.09 Å². The summed E-state index contributed by atoms with van der Waals surface area (Å²) in [5, 5.41) is 16.3. The fraction of sp³-hybridized carbons (Fsp3) is 0.531. The zero-order valence-corrected chi connectivity index (χ0v) is 26.8. The molecule has 0 aliphatic heterocycles. The van der Waals surface area contributed by atoms with Crippen LogP contribution < -0.4 is 10.6 Å². The van der Waals surface area contributed by atoms with Gasteiger partial charge in [0.15, 0.2) is 0 Å². The third-order valence-electron chi connectivity index (χ3n) is 6.96. The van der Waals surface area contributed by atoms with Gasteiger partial charge in [-0.15, -0.1) is 0 Å². The summed E-state index contributed by atoms with van der Waals surface area (Å²) in [5.41, 5.74) is 0.719. The van der Waals surface area contributed by atoms with E-state index in [1.807, 2.05) is 47.6 Å². The number of aromatic hydroxyl groups is 1. The lowest BCUT2D eigenvalue weighted by molar-refractivity contribution is -0.148. The molecule has 0 aliphatic carbocycles. The molecule has 8 nitrogen and oxygen atoms in total. The van der Waals surface area contributed by atoms with E-state index in [-0.39, 0.29) is 11.7 Å². The van der Waals surface area contributed by atoms with Crippen LogP contribution in [0.4, 0.5) is 10.5 Å². The number of anilines is 1. The molecule has 0 bridgehead atoms. The van der Waals surface area contributed by atoms with Gasteiger partial charge in [-0.3, -0.25) is 9.59 Å². The number of halogens is 1. The first-order valence-electron chi connectivity index (χ1n) is 14.1. The van der Waals surface area contributed by atoms with Crippen LogP contribution in [0.15, 0.2) is 36.4 Å². The fourth-order valence-electron chi connectivity index (χ4n) is 4.50. The van der Waals surface area contributed by atoms with E-state index in [0.717, 1.165) is 5.56 Å². The summed E-state index contributed by atoms with van der Waals surface area (Å²) in [6.07, 6.45) is 0.144. The average molecular weight is 588 g/mol. The molecule has 226 valence electrons. The van der Waals surface area contributed by atoms with Gasteiger partial charge in [-0.05, 0) is 102 Å². The van der Waals surface area contributed by atoms with Gasteiger partial charge in [0.05, 0.1) is 10.7 Å². The molecule has 0 fully saturated rings. The first-order valence-corrected chi connectivity index (χ1v) is 14.4. The lowest BCUT2D eigenvalue weighted by Crippen LogP contribution is -2.59. The third kappa shape index (κ3) is 9.12. The Bertz CT molecular complexity index is 1230. The number of para-hydroxylation sites is 1. The summed E-state index contributed by atoms with van der Waals surface area (Å²) in [7, 11) is 0. The van der Waals surface area contributed by atoms with E-state index in [0.29, 0.717) is 34.7 Å². The van der Waals surface area contributed by atoms with Crippen LogP contribution in [0.5, 0.6) is 5.75 Å². The minimum Gasteiger partial charge on any atom is -0.508 e. The Morgan fingerprint density at radius 2 is 1.66 bits per heavy atom. The van der Waals surface area contributed by atoms with Crippen molar-refractivity contribution in [3.63, 3.8) is 0 Å². The molecule has 2 rings (SSSR count). The van der Waals surface area contributed by atoms with Crippen LogP contribution in [-0.4, -0.2) is 45.1 Å². The summed E-state index contributed by atoms with van der Waals surface area (Å²) >= 11 is 6.46. The second-order valence-electron chi connectivity index (χ2n) is 12.6. The topological polar surface area (TPSA) is 108 Å². The standard InChI is InChI=1S/C32H46ClN3O5/c1-11-32(9,10)36(29(39)24(17-19(2)3)34-30(40)41-31(6,7)8)27(22-15-16-25(37)21(5)18-22)28(38)35-26-20(4)13-12-14-23(26)33/h12-16,18-19,24,27,37H,11,17H2,1-10H3,(H,34,40)(H,35,38). The van der Waals surface area contributed by atoms with E-state index in [9.17, 15) is 19.5 Å². The molecule has 2 atom stereocenters. The van der Waals surface area contributed by atoms with Crippen molar-refractivity contribution >= 4 is 35.2 Å². The lowest BCUT2D eigenvalue weighted by Gasteiger charge is -2.45. The molecule has 0 spiro atoms. The van der Waals surface area contributed by atoms with Crippen molar-refractivity contribution in [1.29, 1.82) is 0 Å². The number of alkyl carbamates (subject to hydrolysis) is 1. The number of phenolic OH excluding ortho intramolecular Hbond substituents is 1. The van der Waals surface area contributed by atoms with Gasteiger partial charge in [-0.25, -0.2) is 4.79 Å². The number of hydrogen-bond donors (Lipinski definition) is 3. The maximum absolute atomic E-state index is 14.5. The SMILES string of the molecule is CCC(C)(C)N(C(=O)C(CC(C)C)NC(=O)OC(C)(C)C)C(C(=O)Nc1c(C)cccc1Cl)c1ccc(O)c(C)c1. The number of rotatable bonds is 10. The highest BCUT2D eigenvalue weighted by Gasteiger charge is 2.43. The summed E-state index contributed by atoms with van der Waals surface area (Å²) in [5.74, 6) is -0.758. The van der Waals surface area contributed by atoms with Crippen LogP contribution in [0.1, 0.15) is 91.0 Å². The average Bonchev–Trinajstić information content (AvgIpc) is 2.84. The Labute approximate surface area is 249 Å². The molecular weight excluding hydrogens is 542 g/mol. The molecule has 9 heteroatoms. The van der Waals surface area contributed by atoms with Gasteiger partial charge in [0.1, 0.15) is 23.4 Å². The fourth-order valence-corrected chi connectivity index (χ4v) is 4.77. The van der Waals surface area contributed by atoms with Crippen LogP contribution in [0.3, 0.4) is 0 Å². The maximum Gasteiger partial charge on any atom is 0.408 e. The molecule has 2 aromatic carbocycles.